The quantitative estimate of drug-likeness (QED) is 0.197. The predicted molar refractivity (Wildman–Crippen MR) is 140 cm³/mol. The number of fused-ring (bicyclic) bond motifs is 1. The summed E-state index contributed by atoms with van der Waals surface area (Å²) < 4.78 is 6.53. The summed E-state index contributed by atoms with van der Waals surface area (Å²) in [5, 5.41) is 11.6. The lowest BCUT2D eigenvalue weighted by atomic mass is 10.2. The molecule has 34 heavy (non-hydrogen) atoms. The number of carbonyl (C=O) groups is 1. The topological polar surface area (TPSA) is 88.8 Å². The van der Waals surface area contributed by atoms with E-state index >= 15 is 0 Å². The summed E-state index contributed by atoms with van der Waals surface area (Å²) in [5.74, 6) is 0.546. The number of halogens is 1. The van der Waals surface area contributed by atoms with Gasteiger partial charge in [-0.2, -0.15) is 0 Å². The van der Waals surface area contributed by atoms with E-state index in [1.165, 1.54) is 29.5 Å². The summed E-state index contributed by atoms with van der Waals surface area (Å²) in [5.41, 5.74) is 1.38. The van der Waals surface area contributed by atoms with Gasteiger partial charge in [-0.25, -0.2) is 4.98 Å². The Morgan fingerprint density at radius 1 is 1.15 bits per heavy atom. The minimum Gasteiger partial charge on any atom is -0.494 e. The van der Waals surface area contributed by atoms with Gasteiger partial charge in [0, 0.05) is 31.3 Å². The van der Waals surface area contributed by atoms with Crippen molar-refractivity contribution >= 4 is 56.8 Å². The zero-order valence-corrected chi connectivity index (χ0v) is 21.1. The summed E-state index contributed by atoms with van der Waals surface area (Å²) in [6.07, 6.45) is 3.04. The monoisotopic (exact) mass is 504 g/mol. The van der Waals surface area contributed by atoms with Crippen molar-refractivity contribution in [3.63, 3.8) is 0 Å². The zero-order valence-electron chi connectivity index (χ0n) is 19.5. The Kier molecular flexibility index (Phi) is 10.4. The van der Waals surface area contributed by atoms with Crippen LogP contribution in [-0.2, 0) is 4.79 Å². The van der Waals surface area contributed by atoms with E-state index in [-0.39, 0.29) is 24.0 Å². The lowest BCUT2D eigenvalue weighted by molar-refractivity contribution is -0.384. The van der Waals surface area contributed by atoms with Crippen LogP contribution in [-0.4, -0.2) is 53.5 Å². The molecule has 0 fully saturated rings. The van der Waals surface area contributed by atoms with Crippen LogP contribution in [0.4, 0.5) is 10.8 Å². The number of ether oxygens (including phenoxy) is 1. The van der Waals surface area contributed by atoms with Crippen molar-refractivity contribution in [2.75, 3.05) is 37.7 Å². The number of anilines is 1. The van der Waals surface area contributed by atoms with Gasteiger partial charge in [-0.3, -0.25) is 19.8 Å². The summed E-state index contributed by atoms with van der Waals surface area (Å²) in [6, 6.07) is 11.9. The Balaban J connectivity index is 0.00000408. The molecule has 1 aromatic heterocycles. The maximum atomic E-state index is 13.2. The number of aromatic nitrogens is 1. The zero-order chi connectivity index (χ0) is 23.8. The summed E-state index contributed by atoms with van der Waals surface area (Å²) in [4.78, 5) is 32.4. The van der Waals surface area contributed by atoms with Gasteiger partial charge in [0.15, 0.2) is 5.13 Å². The van der Waals surface area contributed by atoms with E-state index in [4.69, 9.17) is 4.74 Å². The maximum absolute atomic E-state index is 13.2. The van der Waals surface area contributed by atoms with Crippen molar-refractivity contribution in [1.82, 2.24) is 9.88 Å². The van der Waals surface area contributed by atoms with Gasteiger partial charge in [0.1, 0.15) is 5.75 Å². The predicted octanol–water partition coefficient (Wildman–Crippen LogP) is 5.41. The van der Waals surface area contributed by atoms with Crippen molar-refractivity contribution < 1.29 is 14.5 Å². The van der Waals surface area contributed by atoms with Crippen LogP contribution in [0.15, 0.2) is 48.5 Å². The number of benzene rings is 2. The van der Waals surface area contributed by atoms with Crippen LogP contribution in [0.3, 0.4) is 0 Å². The maximum Gasteiger partial charge on any atom is 0.270 e. The number of nitrogens with zero attached hydrogens (tertiary/aromatic N) is 4. The molecule has 10 heteroatoms. The first-order valence-corrected chi connectivity index (χ1v) is 11.8. The molecule has 0 aliphatic carbocycles. The van der Waals surface area contributed by atoms with E-state index in [0.29, 0.717) is 30.4 Å². The molecule has 0 radical (unpaired) electrons. The molecule has 8 nitrogen and oxygen atoms in total. The highest BCUT2D eigenvalue weighted by molar-refractivity contribution is 7.22. The van der Waals surface area contributed by atoms with Gasteiger partial charge >= 0.3 is 0 Å². The first kappa shape index (κ1) is 27.2. The first-order valence-electron chi connectivity index (χ1n) is 10.9. The molecule has 0 spiro atoms. The van der Waals surface area contributed by atoms with Crippen molar-refractivity contribution in [1.29, 1.82) is 0 Å². The molecule has 3 aromatic rings. The number of nitro groups is 1. The van der Waals surface area contributed by atoms with Crippen LogP contribution in [0.2, 0.25) is 0 Å². The Labute approximate surface area is 209 Å². The molecule has 182 valence electrons. The molecule has 0 atom stereocenters. The number of non-ortho nitro benzene ring substituents is 1. The third-order valence-corrected chi connectivity index (χ3v) is 6.23. The molecule has 0 saturated heterocycles. The highest BCUT2D eigenvalue weighted by Crippen LogP contribution is 2.32. The Bertz CT molecular complexity index is 1150. The number of carbonyl (C=O) groups excluding carboxylic acids is 1. The molecule has 3 rings (SSSR count). The highest BCUT2D eigenvalue weighted by Gasteiger charge is 2.19. The molecular formula is C24H29ClN4O4S. The second-order valence-corrected chi connectivity index (χ2v) is 8.27. The number of hydrogen-bond acceptors (Lipinski definition) is 7. The first-order chi connectivity index (χ1) is 15.9. The molecular weight excluding hydrogens is 476 g/mol. The molecule has 0 N–H and O–H groups in total. The van der Waals surface area contributed by atoms with E-state index in [9.17, 15) is 14.9 Å². The van der Waals surface area contributed by atoms with E-state index in [1.807, 2.05) is 25.1 Å². The average molecular weight is 505 g/mol. The van der Waals surface area contributed by atoms with E-state index in [1.54, 1.807) is 23.1 Å². The standard InChI is InChI=1S/C24H28N4O4S.ClH/c1-4-26(5-2)14-15-27(23(29)13-10-18-8-7-9-19(16-18)28(30)31)24-25-21-12-11-20(32-6-3)17-22(21)33-24;/h7-13,16-17H,4-6,14-15H2,1-3H3;1H. The summed E-state index contributed by atoms with van der Waals surface area (Å²) in [6.45, 7) is 9.66. The second-order valence-electron chi connectivity index (χ2n) is 7.26. The van der Waals surface area contributed by atoms with Crippen LogP contribution in [0.1, 0.15) is 26.3 Å². The molecule has 0 aliphatic heterocycles. The fraction of sp³-hybridized carbons (Fsp3) is 0.333. The smallest absolute Gasteiger partial charge is 0.270 e. The minimum atomic E-state index is -0.451. The largest absolute Gasteiger partial charge is 0.494 e. The SMILES string of the molecule is CCOc1ccc2nc(N(CCN(CC)CC)C(=O)C=Cc3cccc([N+](=O)[O-])c3)sc2c1.Cl. The van der Waals surface area contributed by atoms with Crippen molar-refractivity contribution in [3.8, 4) is 5.75 Å². The second kappa shape index (κ2) is 13.0. The molecule has 1 heterocycles. The molecule has 0 unspecified atom stereocenters. The van der Waals surface area contributed by atoms with Crippen LogP contribution >= 0.6 is 23.7 Å². The molecule has 0 bridgehead atoms. The summed E-state index contributed by atoms with van der Waals surface area (Å²) in [7, 11) is 0. The normalized spacial score (nSPS) is 11.1. The summed E-state index contributed by atoms with van der Waals surface area (Å²) >= 11 is 1.44. The fourth-order valence-corrected chi connectivity index (χ4v) is 4.37. The van der Waals surface area contributed by atoms with Gasteiger partial charge in [0.25, 0.3) is 11.6 Å². The molecule has 2 aromatic carbocycles. The number of amides is 1. The lowest BCUT2D eigenvalue weighted by Crippen LogP contribution is -2.38. The van der Waals surface area contributed by atoms with E-state index in [0.717, 1.165) is 29.1 Å². The van der Waals surface area contributed by atoms with Gasteiger partial charge in [0.2, 0.25) is 0 Å². The molecule has 1 amide bonds. The molecule has 0 aliphatic rings. The van der Waals surface area contributed by atoms with Crippen molar-refractivity contribution in [2.45, 2.75) is 20.8 Å². The number of nitro benzene ring substituents is 1. The van der Waals surface area contributed by atoms with Gasteiger partial charge in [-0.05, 0) is 49.9 Å². The number of rotatable bonds is 11. The van der Waals surface area contributed by atoms with Crippen LogP contribution in [0.25, 0.3) is 16.3 Å². The highest BCUT2D eigenvalue weighted by atomic mass is 35.5. The van der Waals surface area contributed by atoms with Gasteiger partial charge in [-0.15, -0.1) is 12.4 Å². The molecule has 0 saturated carbocycles. The Morgan fingerprint density at radius 3 is 2.59 bits per heavy atom. The fourth-order valence-electron chi connectivity index (χ4n) is 3.35. The van der Waals surface area contributed by atoms with E-state index in [2.05, 4.69) is 23.7 Å². The number of likely N-dealkylation sites (N-methyl/N-ethyl adjacent to an activating group) is 1. The van der Waals surface area contributed by atoms with Crippen LogP contribution in [0, 0.1) is 10.1 Å². The van der Waals surface area contributed by atoms with Crippen LogP contribution in [0.5, 0.6) is 5.75 Å². The third-order valence-electron chi connectivity index (χ3n) is 5.19. The lowest BCUT2D eigenvalue weighted by Gasteiger charge is -2.23. The average Bonchev–Trinajstić information content (AvgIpc) is 3.23. The van der Waals surface area contributed by atoms with Crippen LogP contribution < -0.4 is 9.64 Å². The Morgan fingerprint density at radius 2 is 1.91 bits per heavy atom. The van der Waals surface area contributed by atoms with Crippen molar-refractivity contribution in [2.24, 2.45) is 0 Å². The minimum absolute atomic E-state index is 0. The third kappa shape index (κ3) is 6.99. The van der Waals surface area contributed by atoms with E-state index < -0.39 is 4.92 Å². The number of hydrogen-bond donors (Lipinski definition) is 0. The van der Waals surface area contributed by atoms with Gasteiger partial charge < -0.3 is 9.64 Å². The van der Waals surface area contributed by atoms with Crippen molar-refractivity contribution in [3.05, 3.63) is 64.2 Å². The van der Waals surface area contributed by atoms with Gasteiger partial charge in [0.05, 0.1) is 21.7 Å². The van der Waals surface area contributed by atoms with Gasteiger partial charge in [-0.1, -0.05) is 37.3 Å². The number of thiazole rings is 1. The Hall–Kier alpha value is -3.01.